The predicted molar refractivity (Wildman–Crippen MR) is 79.9 cm³/mol. The van der Waals surface area contributed by atoms with Gasteiger partial charge in [-0.25, -0.2) is 9.97 Å². The van der Waals surface area contributed by atoms with Gasteiger partial charge in [0.2, 0.25) is 0 Å². The van der Waals surface area contributed by atoms with Gasteiger partial charge in [0.05, 0.1) is 12.4 Å². The number of anilines is 1. The van der Waals surface area contributed by atoms with E-state index in [9.17, 15) is 0 Å². The lowest BCUT2D eigenvalue weighted by Crippen LogP contribution is -2.30. The Hall–Kier alpha value is -1.23. The Morgan fingerprint density at radius 3 is 2.33 bits per heavy atom. The van der Waals surface area contributed by atoms with Gasteiger partial charge >= 0.3 is 0 Å². The first-order valence-electron chi connectivity index (χ1n) is 6.49. The van der Waals surface area contributed by atoms with E-state index in [-0.39, 0.29) is 4.99 Å². The molecule has 100 valence electrons. The van der Waals surface area contributed by atoms with Gasteiger partial charge in [-0.1, -0.05) is 38.9 Å². The van der Waals surface area contributed by atoms with Crippen LogP contribution in [0.4, 0.5) is 5.82 Å². The van der Waals surface area contributed by atoms with E-state index in [0.717, 1.165) is 18.9 Å². The van der Waals surface area contributed by atoms with Crippen LogP contribution in [0.2, 0.25) is 0 Å². The first kappa shape index (κ1) is 14.8. The van der Waals surface area contributed by atoms with Gasteiger partial charge in [0.25, 0.3) is 0 Å². The Kier molecular flexibility index (Phi) is 5.98. The number of hydrogen-bond donors (Lipinski definition) is 1. The Labute approximate surface area is 115 Å². The first-order chi connectivity index (χ1) is 8.62. The van der Waals surface area contributed by atoms with Crippen LogP contribution in [0.1, 0.15) is 39.3 Å². The first-order valence-corrected chi connectivity index (χ1v) is 6.89. The van der Waals surface area contributed by atoms with Crippen molar-refractivity contribution in [3.63, 3.8) is 0 Å². The van der Waals surface area contributed by atoms with Crippen LogP contribution in [-0.2, 0) is 0 Å². The molecule has 0 aliphatic carbocycles. The van der Waals surface area contributed by atoms with Crippen molar-refractivity contribution in [2.24, 2.45) is 11.7 Å². The smallest absolute Gasteiger partial charge is 0.147 e. The van der Waals surface area contributed by atoms with Crippen LogP contribution in [0.5, 0.6) is 0 Å². The summed E-state index contributed by atoms with van der Waals surface area (Å²) in [6.45, 7) is 8.53. The van der Waals surface area contributed by atoms with E-state index in [1.54, 1.807) is 12.4 Å². The van der Waals surface area contributed by atoms with Crippen LogP contribution in [0.15, 0.2) is 12.4 Å². The summed E-state index contributed by atoms with van der Waals surface area (Å²) in [5.41, 5.74) is 6.09. The number of thiocarbonyl (C=S) groups is 1. The normalized spacial score (nSPS) is 10.7. The van der Waals surface area contributed by atoms with Crippen LogP contribution in [-0.4, -0.2) is 28.0 Å². The van der Waals surface area contributed by atoms with E-state index >= 15 is 0 Å². The van der Waals surface area contributed by atoms with E-state index < -0.39 is 0 Å². The van der Waals surface area contributed by atoms with Gasteiger partial charge in [0.1, 0.15) is 16.5 Å². The lowest BCUT2D eigenvalue weighted by atomic mass is 10.0. The molecular weight excluding hydrogens is 244 g/mol. The zero-order valence-corrected chi connectivity index (χ0v) is 12.2. The molecule has 0 aliphatic heterocycles. The minimum Gasteiger partial charge on any atom is -0.388 e. The van der Waals surface area contributed by atoms with Crippen molar-refractivity contribution in [2.75, 3.05) is 18.0 Å². The van der Waals surface area contributed by atoms with Gasteiger partial charge in [-0.15, -0.1) is 0 Å². The van der Waals surface area contributed by atoms with E-state index in [1.165, 1.54) is 12.8 Å². The SMILES string of the molecule is CCC(CC)CN(CC)c1cnc(C(N)=S)cn1. The predicted octanol–water partition coefficient (Wildman–Crippen LogP) is 2.37. The highest BCUT2D eigenvalue weighted by atomic mass is 32.1. The molecule has 0 aliphatic rings. The van der Waals surface area contributed by atoms with E-state index in [4.69, 9.17) is 18.0 Å². The fourth-order valence-corrected chi connectivity index (χ4v) is 1.96. The quantitative estimate of drug-likeness (QED) is 0.768. The summed E-state index contributed by atoms with van der Waals surface area (Å²) in [5.74, 6) is 1.59. The lowest BCUT2D eigenvalue weighted by molar-refractivity contribution is 0.484. The molecule has 0 aromatic carbocycles. The van der Waals surface area contributed by atoms with Crippen LogP contribution in [0.25, 0.3) is 0 Å². The van der Waals surface area contributed by atoms with Gasteiger partial charge in [-0.2, -0.15) is 0 Å². The summed E-state index contributed by atoms with van der Waals surface area (Å²) < 4.78 is 0. The van der Waals surface area contributed by atoms with E-state index in [0.29, 0.717) is 11.6 Å². The van der Waals surface area contributed by atoms with Crippen LogP contribution >= 0.6 is 12.2 Å². The monoisotopic (exact) mass is 266 g/mol. The highest BCUT2D eigenvalue weighted by molar-refractivity contribution is 7.80. The molecule has 0 atom stereocenters. The van der Waals surface area contributed by atoms with Crippen LogP contribution in [0.3, 0.4) is 0 Å². The molecule has 0 saturated carbocycles. The second-order valence-corrected chi connectivity index (χ2v) is 4.79. The molecule has 0 unspecified atom stereocenters. The largest absolute Gasteiger partial charge is 0.388 e. The Balaban J connectivity index is 2.78. The minimum absolute atomic E-state index is 0.289. The van der Waals surface area contributed by atoms with Crippen molar-refractivity contribution < 1.29 is 0 Å². The summed E-state index contributed by atoms with van der Waals surface area (Å²) in [6.07, 6.45) is 5.77. The van der Waals surface area contributed by atoms with E-state index in [2.05, 4.69) is 35.6 Å². The second-order valence-electron chi connectivity index (χ2n) is 4.35. The minimum atomic E-state index is 0.289. The number of nitrogens with two attached hydrogens (primary N) is 1. The zero-order valence-electron chi connectivity index (χ0n) is 11.4. The average molecular weight is 266 g/mol. The van der Waals surface area contributed by atoms with Crippen molar-refractivity contribution >= 4 is 23.0 Å². The van der Waals surface area contributed by atoms with Gasteiger partial charge < -0.3 is 10.6 Å². The molecule has 1 aromatic heterocycles. The van der Waals surface area contributed by atoms with Gasteiger partial charge in [-0.05, 0) is 12.8 Å². The maximum atomic E-state index is 5.51. The highest BCUT2D eigenvalue weighted by Gasteiger charge is 2.12. The molecule has 18 heavy (non-hydrogen) atoms. The summed E-state index contributed by atoms with van der Waals surface area (Å²) in [6, 6.07) is 0. The van der Waals surface area contributed by atoms with Gasteiger partial charge in [0, 0.05) is 13.1 Å². The Morgan fingerprint density at radius 2 is 1.94 bits per heavy atom. The maximum Gasteiger partial charge on any atom is 0.147 e. The highest BCUT2D eigenvalue weighted by Crippen LogP contribution is 2.15. The summed E-state index contributed by atoms with van der Waals surface area (Å²) in [4.78, 5) is 11.2. The molecule has 0 fully saturated rings. The fraction of sp³-hybridized carbons (Fsp3) is 0.615. The van der Waals surface area contributed by atoms with Gasteiger partial charge in [-0.3, -0.25) is 0 Å². The number of nitrogens with zero attached hydrogens (tertiary/aromatic N) is 3. The Morgan fingerprint density at radius 1 is 1.28 bits per heavy atom. The number of aromatic nitrogens is 2. The summed E-state index contributed by atoms with van der Waals surface area (Å²) in [5, 5.41) is 0. The van der Waals surface area contributed by atoms with Crippen molar-refractivity contribution in [3.8, 4) is 0 Å². The van der Waals surface area contributed by atoms with Gasteiger partial charge in [0.15, 0.2) is 0 Å². The third-order valence-electron chi connectivity index (χ3n) is 3.23. The van der Waals surface area contributed by atoms with Crippen molar-refractivity contribution in [3.05, 3.63) is 18.1 Å². The molecule has 2 N–H and O–H groups in total. The van der Waals surface area contributed by atoms with Crippen molar-refractivity contribution in [1.82, 2.24) is 9.97 Å². The molecule has 1 aromatic rings. The van der Waals surface area contributed by atoms with Crippen molar-refractivity contribution in [1.29, 1.82) is 0 Å². The van der Waals surface area contributed by atoms with Crippen LogP contribution in [0, 0.1) is 5.92 Å². The molecule has 0 spiro atoms. The maximum absolute atomic E-state index is 5.51. The number of hydrogen-bond acceptors (Lipinski definition) is 4. The van der Waals surface area contributed by atoms with E-state index in [1.807, 2.05) is 0 Å². The molecule has 0 radical (unpaired) electrons. The fourth-order valence-electron chi connectivity index (χ4n) is 1.85. The topological polar surface area (TPSA) is 55.0 Å². The second kappa shape index (κ2) is 7.26. The Bertz CT molecular complexity index is 373. The number of rotatable bonds is 7. The molecule has 1 heterocycles. The third-order valence-corrected chi connectivity index (χ3v) is 3.44. The van der Waals surface area contributed by atoms with Crippen LogP contribution < -0.4 is 10.6 Å². The molecule has 0 amide bonds. The zero-order chi connectivity index (χ0) is 13.5. The molecule has 4 nitrogen and oxygen atoms in total. The third kappa shape index (κ3) is 3.91. The molecule has 0 bridgehead atoms. The molecule has 1 rings (SSSR count). The molecule has 5 heteroatoms. The average Bonchev–Trinajstić information content (AvgIpc) is 2.40. The summed E-state index contributed by atoms with van der Waals surface area (Å²) in [7, 11) is 0. The van der Waals surface area contributed by atoms with Crippen molar-refractivity contribution in [2.45, 2.75) is 33.6 Å². The standard InChI is InChI=1S/C13H22N4S/c1-4-10(5-2)9-17(6-3)12-8-15-11(7-16-12)13(14)18/h7-8,10H,4-6,9H2,1-3H3,(H2,14,18). The summed E-state index contributed by atoms with van der Waals surface area (Å²) >= 11 is 4.87. The molecule has 0 saturated heterocycles. The molecular formula is C13H22N4S. The lowest BCUT2D eigenvalue weighted by Gasteiger charge is -2.26.